The van der Waals surface area contributed by atoms with Gasteiger partial charge in [0.1, 0.15) is 11.5 Å². The third-order valence-corrected chi connectivity index (χ3v) is 3.84. The Balaban J connectivity index is 2.34. The van der Waals surface area contributed by atoms with Gasteiger partial charge in [-0.2, -0.15) is 0 Å². The molecular weight excluding hydrogens is 292 g/mol. The molecule has 23 heavy (non-hydrogen) atoms. The highest BCUT2D eigenvalue weighted by Gasteiger charge is 2.23. The standard InChI is InChI=1S/C19H22O4/c1-4-23-15-9-10-16(13(2)11-15)17(19(20)21)12-14-7-5-6-8-18(14)22-3/h5-11,17H,4,12H2,1-3H3,(H,20,21). The summed E-state index contributed by atoms with van der Waals surface area (Å²) in [5.74, 6) is 0.00247. The number of carboxylic acids is 1. The van der Waals surface area contributed by atoms with Crippen molar-refractivity contribution in [1.82, 2.24) is 0 Å². The van der Waals surface area contributed by atoms with Gasteiger partial charge in [-0.05, 0) is 55.2 Å². The fourth-order valence-corrected chi connectivity index (χ4v) is 2.72. The van der Waals surface area contributed by atoms with Crippen molar-refractivity contribution in [3.63, 3.8) is 0 Å². The van der Waals surface area contributed by atoms with E-state index in [4.69, 9.17) is 9.47 Å². The Morgan fingerprint density at radius 1 is 1.22 bits per heavy atom. The number of rotatable bonds is 7. The number of hydrogen-bond acceptors (Lipinski definition) is 3. The Morgan fingerprint density at radius 2 is 1.96 bits per heavy atom. The zero-order valence-electron chi connectivity index (χ0n) is 13.7. The van der Waals surface area contributed by atoms with E-state index in [0.29, 0.717) is 18.8 Å². The molecule has 0 heterocycles. The van der Waals surface area contributed by atoms with E-state index in [9.17, 15) is 9.90 Å². The van der Waals surface area contributed by atoms with Crippen LogP contribution in [0.25, 0.3) is 0 Å². The molecule has 0 amide bonds. The molecule has 0 aliphatic rings. The van der Waals surface area contributed by atoms with Crippen LogP contribution in [0.2, 0.25) is 0 Å². The summed E-state index contributed by atoms with van der Waals surface area (Å²) in [5.41, 5.74) is 2.60. The quantitative estimate of drug-likeness (QED) is 0.844. The summed E-state index contributed by atoms with van der Waals surface area (Å²) in [5, 5.41) is 9.68. The summed E-state index contributed by atoms with van der Waals surface area (Å²) in [6.45, 7) is 4.42. The van der Waals surface area contributed by atoms with E-state index in [0.717, 1.165) is 22.4 Å². The second-order valence-electron chi connectivity index (χ2n) is 5.36. The van der Waals surface area contributed by atoms with Crippen LogP contribution >= 0.6 is 0 Å². The molecule has 2 rings (SSSR count). The van der Waals surface area contributed by atoms with Crippen molar-refractivity contribution < 1.29 is 19.4 Å². The first kappa shape index (κ1) is 16.9. The molecule has 0 saturated heterocycles. The second kappa shape index (κ2) is 7.68. The number of benzene rings is 2. The van der Waals surface area contributed by atoms with Gasteiger partial charge in [0, 0.05) is 0 Å². The lowest BCUT2D eigenvalue weighted by Gasteiger charge is -2.18. The fourth-order valence-electron chi connectivity index (χ4n) is 2.72. The van der Waals surface area contributed by atoms with Crippen molar-refractivity contribution >= 4 is 5.97 Å². The molecule has 0 spiro atoms. The summed E-state index contributed by atoms with van der Waals surface area (Å²) >= 11 is 0. The third kappa shape index (κ3) is 4.03. The van der Waals surface area contributed by atoms with E-state index < -0.39 is 11.9 Å². The molecular formula is C19H22O4. The number of ether oxygens (including phenoxy) is 2. The lowest BCUT2D eigenvalue weighted by atomic mass is 9.89. The Morgan fingerprint density at radius 3 is 2.57 bits per heavy atom. The molecule has 4 heteroatoms. The van der Waals surface area contributed by atoms with Gasteiger partial charge in [0.05, 0.1) is 19.6 Å². The van der Waals surface area contributed by atoms with Crippen LogP contribution in [0.4, 0.5) is 0 Å². The molecule has 0 bridgehead atoms. The predicted octanol–water partition coefficient (Wildman–Crippen LogP) is 3.81. The second-order valence-corrected chi connectivity index (χ2v) is 5.36. The molecule has 122 valence electrons. The summed E-state index contributed by atoms with van der Waals surface area (Å²) in [6, 6.07) is 13.1. The first-order valence-corrected chi connectivity index (χ1v) is 7.64. The monoisotopic (exact) mass is 314 g/mol. The maximum atomic E-state index is 11.8. The number of carbonyl (C=O) groups is 1. The van der Waals surface area contributed by atoms with Crippen molar-refractivity contribution in [3.05, 3.63) is 59.2 Å². The zero-order chi connectivity index (χ0) is 16.8. The number of aryl methyl sites for hydroxylation is 1. The van der Waals surface area contributed by atoms with Crippen LogP contribution in [0, 0.1) is 6.92 Å². The van der Waals surface area contributed by atoms with Gasteiger partial charge in [-0.1, -0.05) is 24.3 Å². The maximum absolute atomic E-state index is 11.8. The predicted molar refractivity (Wildman–Crippen MR) is 89.4 cm³/mol. The van der Waals surface area contributed by atoms with Gasteiger partial charge in [-0.15, -0.1) is 0 Å². The van der Waals surface area contributed by atoms with Crippen molar-refractivity contribution in [1.29, 1.82) is 0 Å². The molecule has 1 unspecified atom stereocenters. The average molecular weight is 314 g/mol. The van der Waals surface area contributed by atoms with E-state index >= 15 is 0 Å². The normalized spacial score (nSPS) is 11.8. The van der Waals surface area contributed by atoms with Gasteiger partial charge in [-0.3, -0.25) is 4.79 Å². The molecule has 0 aliphatic heterocycles. The summed E-state index contributed by atoms with van der Waals surface area (Å²) in [4.78, 5) is 11.8. The van der Waals surface area contributed by atoms with Crippen LogP contribution < -0.4 is 9.47 Å². The fraction of sp³-hybridized carbons (Fsp3) is 0.316. The first-order chi connectivity index (χ1) is 11.1. The van der Waals surface area contributed by atoms with E-state index in [-0.39, 0.29) is 0 Å². The molecule has 0 aliphatic carbocycles. The van der Waals surface area contributed by atoms with Crippen LogP contribution in [0.15, 0.2) is 42.5 Å². The smallest absolute Gasteiger partial charge is 0.311 e. The SMILES string of the molecule is CCOc1ccc(C(Cc2ccccc2OC)C(=O)O)c(C)c1. The molecule has 0 saturated carbocycles. The molecule has 1 atom stereocenters. The molecule has 4 nitrogen and oxygen atoms in total. The van der Waals surface area contributed by atoms with Crippen LogP contribution in [0.5, 0.6) is 11.5 Å². The van der Waals surface area contributed by atoms with Crippen molar-refractivity contribution in [2.75, 3.05) is 13.7 Å². The lowest BCUT2D eigenvalue weighted by molar-refractivity contribution is -0.138. The van der Waals surface area contributed by atoms with Crippen LogP contribution in [-0.4, -0.2) is 24.8 Å². The van der Waals surface area contributed by atoms with E-state index in [1.165, 1.54) is 0 Å². The molecule has 1 N–H and O–H groups in total. The highest BCUT2D eigenvalue weighted by atomic mass is 16.5. The lowest BCUT2D eigenvalue weighted by Crippen LogP contribution is -2.16. The minimum absolute atomic E-state index is 0.383. The van der Waals surface area contributed by atoms with Crippen LogP contribution in [0.3, 0.4) is 0 Å². The highest BCUT2D eigenvalue weighted by molar-refractivity contribution is 5.77. The van der Waals surface area contributed by atoms with Gasteiger partial charge in [-0.25, -0.2) is 0 Å². The third-order valence-electron chi connectivity index (χ3n) is 3.84. The molecule has 0 fully saturated rings. The highest BCUT2D eigenvalue weighted by Crippen LogP contribution is 2.30. The molecule has 0 radical (unpaired) electrons. The topological polar surface area (TPSA) is 55.8 Å². The Labute approximate surface area is 136 Å². The van der Waals surface area contributed by atoms with Gasteiger partial charge in [0.15, 0.2) is 0 Å². The number of methoxy groups -OCH3 is 1. The summed E-state index contributed by atoms with van der Waals surface area (Å²) in [7, 11) is 1.59. The Bertz CT molecular complexity index is 679. The van der Waals surface area contributed by atoms with Crippen molar-refractivity contribution in [3.8, 4) is 11.5 Å². The average Bonchev–Trinajstić information content (AvgIpc) is 2.54. The number of para-hydroxylation sites is 1. The molecule has 2 aromatic carbocycles. The van der Waals surface area contributed by atoms with Crippen molar-refractivity contribution in [2.24, 2.45) is 0 Å². The maximum Gasteiger partial charge on any atom is 0.311 e. The van der Waals surface area contributed by atoms with Gasteiger partial charge < -0.3 is 14.6 Å². The number of hydrogen-bond donors (Lipinski definition) is 1. The van der Waals surface area contributed by atoms with E-state index in [1.807, 2.05) is 56.3 Å². The van der Waals surface area contributed by atoms with Gasteiger partial charge in [0.25, 0.3) is 0 Å². The summed E-state index contributed by atoms with van der Waals surface area (Å²) in [6.07, 6.45) is 0.383. The minimum Gasteiger partial charge on any atom is -0.496 e. The summed E-state index contributed by atoms with van der Waals surface area (Å²) < 4.78 is 10.8. The van der Waals surface area contributed by atoms with E-state index in [1.54, 1.807) is 7.11 Å². The van der Waals surface area contributed by atoms with E-state index in [2.05, 4.69) is 0 Å². The molecule has 0 aromatic heterocycles. The zero-order valence-corrected chi connectivity index (χ0v) is 13.7. The largest absolute Gasteiger partial charge is 0.496 e. The van der Waals surface area contributed by atoms with Gasteiger partial charge in [0.2, 0.25) is 0 Å². The Hall–Kier alpha value is -2.49. The van der Waals surface area contributed by atoms with Crippen LogP contribution in [-0.2, 0) is 11.2 Å². The van der Waals surface area contributed by atoms with Gasteiger partial charge >= 0.3 is 5.97 Å². The first-order valence-electron chi connectivity index (χ1n) is 7.64. The van der Waals surface area contributed by atoms with Crippen LogP contribution in [0.1, 0.15) is 29.5 Å². The molecule has 2 aromatic rings. The Kier molecular flexibility index (Phi) is 5.63. The van der Waals surface area contributed by atoms with Crippen molar-refractivity contribution in [2.45, 2.75) is 26.2 Å². The number of carboxylic acid groups (broad SMARTS) is 1. The minimum atomic E-state index is -0.844. The number of aliphatic carboxylic acids is 1.